The third kappa shape index (κ3) is 3.93. The van der Waals surface area contributed by atoms with Gasteiger partial charge in [0.25, 0.3) is 0 Å². The van der Waals surface area contributed by atoms with E-state index >= 15 is 0 Å². The Morgan fingerprint density at radius 2 is 1.13 bits per heavy atom. The highest BCUT2D eigenvalue weighted by molar-refractivity contribution is 6.10. The molecule has 0 N–H and O–H groups in total. The maximum absolute atomic E-state index is 5.12. The highest BCUT2D eigenvalue weighted by Crippen LogP contribution is 2.55. The van der Waals surface area contributed by atoms with Crippen LogP contribution in [0.25, 0.3) is 38.8 Å². The van der Waals surface area contributed by atoms with Gasteiger partial charge in [-0.05, 0) is 76.3 Å². The normalized spacial score (nSPS) is 14.5. The van der Waals surface area contributed by atoms with Gasteiger partial charge in [0.05, 0.1) is 27.8 Å². The summed E-state index contributed by atoms with van der Waals surface area (Å²) in [6.07, 6.45) is 3.79. The molecule has 0 saturated carbocycles. The van der Waals surface area contributed by atoms with Crippen LogP contribution < -0.4 is 0 Å². The van der Waals surface area contributed by atoms with Crippen molar-refractivity contribution in [3.05, 3.63) is 198 Å². The summed E-state index contributed by atoms with van der Waals surface area (Å²) in [6, 6.07) is 54.9. The molecule has 5 aromatic carbocycles. The first-order chi connectivity index (χ1) is 23.1. The average Bonchev–Trinajstić information content (AvgIpc) is 3.47. The summed E-state index contributed by atoms with van der Waals surface area (Å²) < 4.78 is 2.41. The molecule has 3 heterocycles. The van der Waals surface area contributed by atoms with Crippen LogP contribution in [0.15, 0.2) is 164 Å². The van der Waals surface area contributed by atoms with Gasteiger partial charge >= 0.3 is 0 Å². The smallest absolute Gasteiger partial charge is 0.0880 e. The third-order valence-electron chi connectivity index (χ3n) is 10.2. The summed E-state index contributed by atoms with van der Waals surface area (Å²) in [5.41, 5.74) is 12.1. The topological polar surface area (TPSA) is 30.7 Å². The summed E-state index contributed by atoms with van der Waals surface area (Å²) in [5, 5.41) is 2.45. The molecule has 0 bridgehead atoms. The Bertz CT molecular complexity index is 2390. The predicted molar refractivity (Wildman–Crippen MR) is 192 cm³/mol. The van der Waals surface area contributed by atoms with Crippen molar-refractivity contribution in [2.75, 3.05) is 0 Å². The molecule has 8 aromatic rings. The second-order valence-electron chi connectivity index (χ2n) is 13.0. The molecule has 1 aliphatic rings. The molecule has 0 saturated heterocycles. The number of pyridine rings is 2. The van der Waals surface area contributed by atoms with Gasteiger partial charge in [-0.2, -0.15) is 0 Å². The zero-order chi connectivity index (χ0) is 31.6. The standard InChI is InChI=1S/C44H33N3/c1-43(2)35-17-4-6-19-37(35)44(42-23-10-12-27-46-42,38-20-7-5-18-36(38)43)31-14-13-15-32(29-31)47-40-22-8-3-16-33(40)34-25-24-30(28-41(34)47)39-21-9-11-26-45-39/h3-29H,1-2H3. The summed E-state index contributed by atoms with van der Waals surface area (Å²) in [6.45, 7) is 4.70. The van der Waals surface area contributed by atoms with Crippen molar-refractivity contribution in [2.24, 2.45) is 0 Å². The number of aromatic nitrogens is 3. The van der Waals surface area contributed by atoms with Crippen LogP contribution >= 0.6 is 0 Å². The molecule has 3 nitrogen and oxygen atoms in total. The van der Waals surface area contributed by atoms with Gasteiger partial charge in [-0.1, -0.05) is 117 Å². The molecule has 9 rings (SSSR count). The number of hydrogen-bond acceptors (Lipinski definition) is 2. The fourth-order valence-electron chi connectivity index (χ4n) is 8.14. The number of fused-ring (bicyclic) bond motifs is 5. The van der Waals surface area contributed by atoms with Crippen LogP contribution in [0, 0.1) is 0 Å². The van der Waals surface area contributed by atoms with Gasteiger partial charge in [0.15, 0.2) is 0 Å². The second-order valence-corrected chi connectivity index (χ2v) is 13.0. The first kappa shape index (κ1) is 27.5. The number of nitrogens with zero attached hydrogens (tertiary/aromatic N) is 3. The lowest BCUT2D eigenvalue weighted by Gasteiger charge is -2.47. The minimum atomic E-state index is -0.613. The van der Waals surface area contributed by atoms with Gasteiger partial charge < -0.3 is 4.57 Å². The lowest BCUT2D eigenvalue weighted by Crippen LogP contribution is -2.42. The molecule has 0 unspecified atom stereocenters. The molecule has 0 atom stereocenters. The number of hydrogen-bond donors (Lipinski definition) is 0. The zero-order valence-corrected chi connectivity index (χ0v) is 26.4. The minimum absolute atomic E-state index is 0.169. The third-order valence-corrected chi connectivity index (χ3v) is 10.2. The van der Waals surface area contributed by atoms with E-state index in [4.69, 9.17) is 4.98 Å². The molecule has 47 heavy (non-hydrogen) atoms. The Labute approximate surface area is 274 Å². The lowest BCUT2D eigenvalue weighted by atomic mass is 9.55. The number of para-hydroxylation sites is 1. The molecular weight excluding hydrogens is 571 g/mol. The predicted octanol–water partition coefficient (Wildman–Crippen LogP) is 10.3. The molecule has 0 radical (unpaired) electrons. The Balaban J connectivity index is 1.37. The second kappa shape index (κ2) is 10.4. The van der Waals surface area contributed by atoms with Gasteiger partial charge in [0.1, 0.15) is 0 Å². The molecule has 0 fully saturated rings. The lowest BCUT2D eigenvalue weighted by molar-refractivity contribution is 0.552. The molecule has 0 amide bonds. The summed E-state index contributed by atoms with van der Waals surface area (Å²) in [4.78, 5) is 9.79. The van der Waals surface area contributed by atoms with Crippen LogP contribution in [-0.2, 0) is 10.8 Å². The first-order valence-electron chi connectivity index (χ1n) is 16.3. The summed E-state index contributed by atoms with van der Waals surface area (Å²) in [5.74, 6) is 0. The van der Waals surface area contributed by atoms with Gasteiger partial charge in [-0.3, -0.25) is 9.97 Å². The van der Waals surface area contributed by atoms with Crippen molar-refractivity contribution in [3.8, 4) is 16.9 Å². The SMILES string of the molecule is CC1(C)c2ccccc2C(c2cccc(-n3c4ccccc4c4ccc(-c5ccccn5)cc43)c2)(c2ccccn2)c2ccccc21. The van der Waals surface area contributed by atoms with Crippen LogP contribution in [0.4, 0.5) is 0 Å². The van der Waals surface area contributed by atoms with E-state index < -0.39 is 5.41 Å². The summed E-state index contributed by atoms with van der Waals surface area (Å²) in [7, 11) is 0. The largest absolute Gasteiger partial charge is 0.309 e. The zero-order valence-electron chi connectivity index (χ0n) is 26.4. The fraction of sp³-hybridized carbons (Fsp3) is 0.0909. The van der Waals surface area contributed by atoms with E-state index in [-0.39, 0.29) is 5.41 Å². The van der Waals surface area contributed by atoms with Crippen molar-refractivity contribution in [1.82, 2.24) is 14.5 Å². The molecular formula is C44H33N3. The van der Waals surface area contributed by atoms with E-state index in [9.17, 15) is 0 Å². The van der Waals surface area contributed by atoms with Gasteiger partial charge in [0, 0.05) is 39.8 Å². The molecule has 224 valence electrons. The first-order valence-corrected chi connectivity index (χ1v) is 16.3. The van der Waals surface area contributed by atoms with Crippen molar-refractivity contribution in [2.45, 2.75) is 24.7 Å². The van der Waals surface area contributed by atoms with E-state index in [1.54, 1.807) is 0 Å². The van der Waals surface area contributed by atoms with Crippen LogP contribution in [0.2, 0.25) is 0 Å². The molecule has 0 spiro atoms. The van der Waals surface area contributed by atoms with Crippen LogP contribution in [0.3, 0.4) is 0 Å². The average molecular weight is 604 g/mol. The number of benzene rings is 5. The number of rotatable bonds is 4. The van der Waals surface area contributed by atoms with E-state index in [0.29, 0.717) is 0 Å². The van der Waals surface area contributed by atoms with Crippen molar-refractivity contribution < 1.29 is 0 Å². The monoisotopic (exact) mass is 603 g/mol. The maximum Gasteiger partial charge on any atom is 0.0880 e. The fourth-order valence-corrected chi connectivity index (χ4v) is 8.14. The highest BCUT2D eigenvalue weighted by Gasteiger charge is 2.49. The van der Waals surface area contributed by atoms with Crippen LogP contribution in [0.5, 0.6) is 0 Å². The van der Waals surface area contributed by atoms with Crippen LogP contribution in [0.1, 0.15) is 47.4 Å². The maximum atomic E-state index is 5.12. The Kier molecular flexibility index (Phi) is 6.07. The van der Waals surface area contributed by atoms with Crippen molar-refractivity contribution in [3.63, 3.8) is 0 Å². The molecule has 0 aliphatic heterocycles. The van der Waals surface area contributed by atoms with E-state index in [1.807, 2.05) is 30.6 Å². The van der Waals surface area contributed by atoms with Gasteiger partial charge in [0.2, 0.25) is 0 Å². The van der Waals surface area contributed by atoms with E-state index in [1.165, 1.54) is 44.1 Å². The summed E-state index contributed by atoms with van der Waals surface area (Å²) >= 11 is 0. The quantitative estimate of drug-likeness (QED) is 0.200. The highest BCUT2D eigenvalue weighted by atomic mass is 15.0. The van der Waals surface area contributed by atoms with E-state index in [0.717, 1.165) is 28.2 Å². The molecule has 3 aromatic heterocycles. The Hall–Kier alpha value is -5.80. The van der Waals surface area contributed by atoms with Gasteiger partial charge in [-0.15, -0.1) is 0 Å². The minimum Gasteiger partial charge on any atom is -0.309 e. The Morgan fingerprint density at radius 1 is 0.489 bits per heavy atom. The molecule has 3 heteroatoms. The van der Waals surface area contributed by atoms with Gasteiger partial charge in [-0.25, -0.2) is 0 Å². The van der Waals surface area contributed by atoms with Crippen molar-refractivity contribution >= 4 is 21.8 Å². The van der Waals surface area contributed by atoms with Crippen molar-refractivity contribution in [1.29, 1.82) is 0 Å². The Morgan fingerprint density at radius 3 is 1.83 bits per heavy atom. The molecule has 1 aliphatic carbocycles. The van der Waals surface area contributed by atoms with E-state index in [2.05, 4.69) is 157 Å². The van der Waals surface area contributed by atoms with Crippen LogP contribution in [-0.4, -0.2) is 14.5 Å².